The van der Waals surface area contributed by atoms with E-state index in [1.165, 1.54) is 6.08 Å². The number of rotatable bonds is 5. The van der Waals surface area contributed by atoms with E-state index in [1.807, 2.05) is 24.4 Å². The number of hydrogen-bond acceptors (Lipinski definition) is 2. The first-order valence-corrected chi connectivity index (χ1v) is 6.65. The molecule has 0 bridgehead atoms. The van der Waals surface area contributed by atoms with Crippen molar-refractivity contribution in [2.24, 2.45) is 11.7 Å². The molecule has 0 saturated heterocycles. The second kappa shape index (κ2) is 5.82. The molecular weight excluding hydrogens is 252 g/mol. The molecule has 2 N–H and O–H groups in total. The van der Waals surface area contributed by atoms with Crippen molar-refractivity contribution in [1.82, 2.24) is 4.57 Å². The van der Waals surface area contributed by atoms with Crippen LogP contribution in [0.3, 0.4) is 0 Å². The van der Waals surface area contributed by atoms with Crippen molar-refractivity contribution in [2.75, 3.05) is 7.11 Å². The average Bonchev–Trinajstić information content (AvgIpc) is 2.73. The predicted octanol–water partition coefficient (Wildman–Crippen LogP) is 2.80. The molecule has 4 heteroatoms. The zero-order valence-electron chi connectivity index (χ0n) is 12.1. The summed E-state index contributed by atoms with van der Waals surface area (Å²) in [6, 6.07) is 5.96. The number of amides is 1. The molecule has 0 aliphatic carbocycles. The van der Waals surface area contributed by atoms with E-state index < -0.39 is 5.91 Å². The Morgan fingerprint density at radius 1 is 1.45 bits per heavy atom. The first-order valence-electron chi connectivity index (χ1n) is 6.65. The van der Waals surface area contributed by atoms with Crippen LogP contribution in [0.25, 0.3) is 17.0 Å². The van der Waals surface area contributed by atoms with Crippen LogP contribution in [-0.4, -0.2) is 17.6 Å². The Balaban J connectivity index is 2.56. The summed E-state index contributed by atoms with van der Waals surface area (Å²) in [7, 11) is 1.64. The summed E-state index contributed by atoms with van der Waals surface area (Å²) in [5.74, 6) is 0.895. The molecule has 4 nitrogen and oxygen atoms in total. The van der Waals surface area contributed by atoms with Gasteiger partial charge in [0, 0.05) is 35.3 Å². The maximum absolute atomic E-state index is 10.9. The van der Waals surface area contributed by atoms with E-state index in [1.54, 1.807) is 13.2 Å². The molecule has 20 heavy (non-hydrogen) atoms. The third-order valence-corrected chi connectivity index (χ3v) is 3.11. The van der Waals surface area contributed by atoms with Crippen LogP contribution in [-0.2, 0) is 11.3 Å². The Morgan fingerprint density at radius 2 is 2.20 bits per heavy atom. The summed E-state index contributed by atoms with van der Waals surface area (Å²) in [5, 5.41) is 1.06. The average molecular weight is 272 g/mol. The first-order chi connectivity index (χ1) is 9.51. The number of nitrogens with two attached hydrogens (primary N) is 1. The number of methoxy groups -OCH3 is 1. The maximum Gasteiger partial charge on any atom is 0.241 e. The number of primary amides is 1. The molecule has 106 valence electrons. The van der Waals surface area contributed by atoms with Gasteiger partial charge in [-0.1, -0.05) is 13.8 Å². The quantitative estimate of drug-likeness (QED) is 0.851. The van der Waals surface area contributed by atoms with E-state index in [4.69, 9.17) is 10.5 Å². The highest BCUT2D eigenvalue weighted by Crippen LogP contribution is 2.27. The van der Waals surface area contributed by atoms with Gasteiger partial charge in [0.15, 0.2) is 0 Å². The standard InChI is InChI=1S/C16H20N2O2/c1-11(2)9-18-10-12(4-7-16(17)19)14-8-13(20-3)5-6-15(14)18/h4-8,10-11H,9H2,1-3H3,(H2,17,19)/b7-4+. The van der Waals surface area contributed by atoms with E-state index >= 15 is 0 Å². The molecule has 0 fully saturated rings. The Hall–Kier alpha value is -2.23. The lowest BCUT2D eigenvalue weighted by atomic mass is 10.1. The van der Waals surface area contributed by atoms with Crippen molar-refractivity contribution in [3.8, 4) is 5.75 Å². The normalized spacial score (nSPS) is 11.6. The minimum Gasteiger partial charge on any atom is -0.497 e. The van der Waals surface area contributed by atoms with Crippen LogP contribution in [0.15, 0.2) is 30.5 Å². The molecular formula is C16H20N2O2. The number of carbonyl (C=O) groups excluding carboxylic acids is 1. The number of carbonyl (C=O) groups is 1. The molecule has 2 rings (SSSR count). The van der Waals surface area contributed by atoms with Crippen LogP contribution in [0, 0.1) is 5.92 Å². The van der Waals surface area contributed by atoms with Crippen LogP contribution in [0.5, 0.6) is 5.75 Å². The first kappa shape index (κ1) is 14.2. The zero-order chi connectivity index (χ0) is 14.7. The van der Waals surface area contributed by atoms with E-state index in [0.717, 1.165) is 28.8 Å². The second-order valence-electron chi connectivity index (χ2n) is 5.25. The van der Waals surface area contributed by atoms with Gasteiger partial charge in [0.05, 0.1) is 7.11 Å². The molecule has 1 amide bonds. The van der Waals surface area contributed by atoms with Gasteiger partial charge in [0.2, 0.25) is 5.91 Å². The van der Waals surface area contributed by atoms with E-state index in [0.29, 0.717) is 5.92 Å². The molecule has 1 aromatic carbocycles. The van der Waals surface area contributed by atoms with E-state index in [9.17, 15) is 4.79 Å². The molecule has 0 aliphatic rings. The van der Waals surface area contributed by atoms with Crippen molar-refractivity contribution in [2.45, 2.75) is 20.4 Å². The Bertz CT molecular complexity index is 654. The second-order valence-corrected chi connectivity index (χ2v) is 5.25. The Morgan fingerprint density at radius 3 is 2.80 bits per heavy atom. The monoisotopic (exact) mass is 272 g/mol. The largest absolute Gasteiger partial charge is 0.497 e. The highest BCUT2D eigenvalue weighted by Gasteiger charge is 2.09. The van der Waals surface area contributed by atoms with Crippen LogP contribution in [0.2, 0.25) is 0 Å². The van der Waals surface area contributed by atoms with Crippen molar-refractivity contribution >= 4 is 22.9 Å². The number of nitrogens with zero attached hydrogens (tertiary/aromatic N) is 1. The molecule has 0 aliphatic heterocycles. The zero-order valence-corrected chi connectivity index (χ0v) is 12.1. The lowest BCUT2D eigenvalue weighted by Gasteiger charge is -2.08. The highest BCUT2D eigenvalue weighted by molar-refractivity contribution is 5.96. The van der Waals surface area contributed by atoms with Gasteiger partial charge < -0.3 is 15.0 Å². The molecule has 0 unspecified atom stereocenters. The number of hydrogen-bond donors (Lipinski definition) is 1. The summed E-state index contributed by atoms with van der Waals surface area (Å²) >= 11 is 0. The number of ether oxygens (including phenoxy) is 1. The molecule has 1 heterocycles. The number of aromatic nitrogens is 1. The smallest absolute Gasteiger partial charge is 0.241 e. The number of fused-ring (bicyclic) bond motifs is 1. The molecule has 0 radical (unpaired) electrons. The third-order valence-electron chi connectivity index (χ3n) is 3.11. The third kappa shape index (κ3) is 3.02. The Kier molecular flexibility index (Phi) is 4.13. The molecule has 1 aromatic heterocycles. The molecule has 0 saturated carbocycles. The van der Waals surface area contributed by atoms with Gasteiger partial charge in [-0.05, 0) is 30.2 Å². The SMILES string of the molecule is COc1ccc2c(c1)c(/C=C/C(N)=O)cn2CC(C)C. The fourth-order valence-electron chi connectivity index (χ4n) is 2.28. The summed E-state index contributed by atoms with van der Waals surface area (Å²) in [4.78, 5) is 10.9. The van der Waals surface area contributed by atoms with Gasteiger partial charge in [-0.15, -0.1) is 0 Å². The summed E-state index contributed by atoms with van der Waals surface area (Å²) in [5.41, 5.74) is 7.27. The van der Waals surface area contributed by atoms with Crippen LogP contribution in [0.4, 0.5) is 0 Å². The fraction of sp³-hybridized carbons (Fsp3) is 0.312. The van der Waals surface area contributed by atoms with Gasteiger partial charge in [0.25, 0.3) is 0 Å². The summed E-state index contributed by atoms with van der Waals surface area (Å²) < 4.78 is 7.46. The van der Waals surface area contributed by atoms with E-state index in [2.05, 4.69) is 18.4 Å². The van der Waals surface area contributed by atoms with Gasteiger partial charge >= 0.3 is 0 Å². The lowest BCUT2D eigenvalue weighted by Crippen LogP contribution is -2.05. The van der Waals surface area contributed by atoms with Gasteiger partial charge in [-0.3, -0.25) is 4.79 Å². The molecule has 2 aromatic rings. The van der Waals surface area contributed by atoms with Crippen LogP contribution in [0.1, 0.15) is 19.4 Å². The molecule has 0 atom stereocenters. The van der Waals surface area contributed by atoms with Gasteiger partial charge in [-0.2, -0.15) is 0 Å². The van der Waals surface area contributed by atoms with Gasteiger partial charge in [0.1, 0.15) is 5.75 Å². The number of benzene rings is 1. The predicted molar refractivity (Wildman–Crippen MR) is 81.6 cm³/mol. The van der Waals surface area contributed by atoms with Crippen molar-refractivity contribution in [3.63, 3.8) is 0 Å². The van der Waals surface area contributed by atoms with Crippen molar-refractivity contribution < 1.29 is 9.53 Å². The van der Waals surface area contributed by atoms with Crippen LogP contribution >= 0.6 is 0 Å². The van der Waals surface area contributed by atoms with Gasteiger partial charge in [-0.25, -0.2) is 0 Å². The topological polar surface area (TPSA) is 57.2 Å². The minimum absolute atomic E-state index is 0.447. The summed E-state index contributed by atoms with van der Waals surface area (Å²) in [6.45, 7) is 5.27. The maximum atomic E-state index is 10.9. The molecule has 0 spiro atoms. The van der Waals surface area contributed by atoms with Crippen LogP contribution < -0.4 is 10.5 Å². The highest BCUT2D eigenvalue weighted by atomic mass is 16.5. The summed E-state index contributed by atoms with van der Waals surface area (Å²) in [6.07, 6.45) is 5.18. The Labute approximate surface area is 118 Å². The van der Waals surface area contributed by atoms with Crippen molar-refractivity contribution in [1.29, 1.82) is 0 Å². The fourth-order valence-corrected chi connectivity index (χ4v) is 2.28. The van der Waals surface area contributed by atoms with Crippen molar-refractivity contribution in [3.05, 3.63) is 36.0 Å². The minimum atomic E-state index is -0.447. The lowest BCUT2D eigenvalue weighted by molar-refractivity contribution is -0.113. The van der Waals surface area contributed by atoms with E-state index in [-0.39, 0.29) is 0 Å².